The van der Waals surface area contributed by atoms with Gasteiger partial charge in [0.15, 0.2) is 0 Å². The van der Waals surface area contributed by atoms with E-state index in [2.05, 4.69) is 39.4 Å². The Bertz CT molecular complexity index is 1160. The van der Waals surface area contributed by atoms with E-state index in [-0.39, 0.29) is 31.7 Å². The minimum atomic E-state index is -3.61. The summed E-state index contributed by atoms with van der Waals surface area (Å²) in [5, 5.41) is 5.99. The van der Waals surface area contributed by atoms with Gasteiger partial charge in [0, 0.05) is 36.8 Å². The van der Waals surface area contributed by atoms with Gasteiger partial charge in [-0.1, -0.05) is 30.2 Å². The number of aromatic nitrogens is 1. The average Bonchev–Trinajstić information content (AvgIpc) is 2.83. The Morgan fingerprint density at radius 1 is 1.21 bits per heavy atom. The van der Waals surface area contributed by atoms with E-state index >= 15 is 0 Å². The molecular formula is C24H31N5O4S. The van der Waals surface area contributed by atoms with Crippen molar-refractivity contribution in [2.24, 2.45) is 0 Å². The number of rotatable bonds is 9. The van der Waals surface area contributed by atoms with Gasteiger partial charge in [-0.3, -0.25) is 19.5 Å². The maximum absolute atomic E-state index is 12.5. The van der Waals surface area contributed by atoms with Crippen LogP contribution in [0.4, 0.5) is 0 Å². The van der Waals surface area contributed by atoms with E-state index in [4.69, 9.17) is 6.42 Å². The number of para-hydroxylation sites is 1. The summed E-state index contributed by atoms with van der Waals surface area (Å²) in [5.41, 5.74) is 2.11. The summed E-state index contributed by atoms with van der Waals surface area (Å²) in [7, 11) is -3.61. The van der Waals surface area contributed by atoms with Gasteiger partial charge in [-0.15, -0.1) is 6.42 Å². The Hall–Kier alpha value is -3.00. The fourth-order valence-corrected chi connectivity index (χ4v) is 5.43. The van der Waals surface area contributed by atoms with E-state index in [1.807, 2.05) is 24.3 Å². The molecule has 1 fully saturated rings. The standard InChI is InChI=1S/C24H31N5O4S/c1-4-12-25-22(30)16-27-23(31)17-29(34(3,32)33)20-10-14-28(15-11-20)18(2)21-9-5-7-19-8-6-13-26-24(19)21/h1,5-9,13,18,20H,10-12,14-17H2,2-3H3,(H,25,30)(H,27,31). The fraction of sp³-hybridized carbons (Fsp3) is 0.458. The average molecular weight is 486 g/mol. The predicted octanol–water partition coefficient (Wildman–Crippen LogP) is 0.887. The zero-order valence-electron chi connectivity index (χ0n) is 19.5. The molecule has 34 heavy (non-hydrogen) atoms. The highest BCUT2D eigenvalue weighted by molar-refractivity contribution is 7.88. The van der Waals surface area contributed by atoms with Gasteiger partial charge >= 0.3 is 0 Å². The highest BCUT2D eigenvalue weighted by Crippen LogP contribution is 2.30. The van der Waals surface area contributed by atoms with Crippen molar-refractivity contribution in [1.29, 1.82) is 0 Å². The maximum atomic E-state index is 12.5. The monoisotopic (exact) mass is 485 g/mol. The van der Waals surface area contributed by atoms with Crippen LogP contribution in [0.3, 0.4) is 0 Å². The first-order valence-corrected chi connectivity index (χ1v) is 13.1. The summed E-state index contributed by atoms with van der Waals surface area (Å²) in [5.74, 6) is 1.32. The Morgan fingerprint density at radius 3 is 2.59 bits per heavy atom. The number of terminal acetylenes is 1. The summed E-state index contributed by atoms with van der Waals surface area (Å²) >= 11 is 0. The zero-order valence-corrected chi connectivity index (χ0v) is 20.3. The number of amides is 2. The largest absolute Gasteiger partial charge is 0.346 e. The number of hydrogen-bond donors (Lipinski definition) is 2. The molecule has 1 saturated heterocycles. The number of sulfonamides is 1. The molecule has 1 aliphatic rings. The van der Waals surface area contributed by atoms with Gasteiger partial charge in [0.25, 0.3) is 0 Å². The molecule has 0 radical (unpaired) electrons. The number of fused-ring (bicyclic) bond motifs is 1. The third kappa shape index (κ3) is 6.53. The predicted molar refractivity (Wildman–Crippen MR) is 131 cm³/mol. The number of carbonyl (C=O) groups excluding carboxylic acids is 2. The van der Waals surface area contributed by atoms with Crippen LogP contribution in [0.25, 0.3) is 10.9 Å². The number of likely N-dealkylation sites (tertiary alicyclic amines) is 1. The molecule has 0 saturated carbocycles. The quantitative estimate of drug-likeness (QED) is 0.510. The van der Waals surface area contributed by atoms with E-state index in [0.717, 1.165) is 22.7 Å². The van der Waals surface area contributed by atoms with Crippen LogP contribution >= 0.6 is 0 Å². The second-order valence-corrected chi connectivity index (χ2v) is 10.4. The van der Waals surface area contributed by atoms with Gasteiger partial charge < -0.3 is 10.6 Å². The second kappa shape index (κ2) is 11.4. The molecule has 9 nitrogen and oxygen atoms in total. The topological polar surface area (TPSA) is 112 Å². The van der Waals surface area contributed by atoms with Crippen LogP contribution in [-0.2, 0) is 19.6 Å². The molecule has 0 aliphatic carbocycles. The summed E-state index contributed by atoms with van der Waals surface area (Å²) in [4.78, 5) is 30.8. The molecule has 0 bridgehead atoms. The molecule has 2 heterocycles. The van der Waals surface area contributed by atoms with Gasteiger partial charge in [-0.25, -0.2) is 8.42 Å². The SMILES string of the molecule is C#CCNC(=O)CNC(=O)CN(C1CCN(C(C)c2cccc3cccnc23)CC1)S(C)(=O)=O. The Labute approximate surface area is 201 Å². The minimum absolute atomic E-state index is 0.0655. The molecule has 182 valence electrons. The van der Waals surface area contributed by atoms with Gasteiger partial charge in [-0.05, 0) is 31.4 Å². The highest BCUT2D eigenvalue weighted by atomic mass is 32.2. The molecular weight excluding hydrogens is 454 g/mol. The van der Waals surface area contributed by atoms with Crippen LogP contribution in [0.5, 0.6) is 0 Å². The molecule has 10 heteroatoms. The van der Waals surface area contributed by atoms with E-state index in [0.29, 0.717) is 25.9 Å². The normalized spacial score (nSPS) is 16.2. The van der Waals surface area contributed by atoms with Crippen LogP contribution in [0.2, 0.25) is 0 Å². The molecule has 3 rings (SSSR count). The van der Waals surface area contributed by atoms with E-state index < -0.39 is 21.8 Å². The lowest BCUT2D eigenvalue weighted by atomic mass is 9.98. The lowest BCUT2D eigenvalue weighted by Crippen LogP contribution is -2.51. The molecule has 1 aromatic heterocycles. The van der Waals surface area contributed by atoms with Gasteiger partial charge in [0.1, 0.15) is 0 Å². The minimum Gasteiger partial charge on any atom is -0.346 e. The maximum Gasteiger partial charge on any atom is 0.240 e. The molecule has 1 unspecified atom stereocenters. The number of pyridine rings is 1. The van der Waals surface area contributed by atoms with Crippen molar-refractivity contribution < 1.29 is 18.0 Å². The fourth-order valence-electron chi connectivity index (χ4n) is 4.33. The molecule has 2 aromatic rings. The zero-order chi connectivity index (χ0) is 24.7. The van der Waals surface area contributed by atoms with Gasteiger partial charge in [0.05, 0.1) is 31.4 Å². The van der Waals surface area contributed by atoms with Crippen LogP contribution < -0.4 is 10.6 Å². The van der Waals surface area contributed by atoms with Crippen molar-refractivity contribution in [2.45, 2.75) is 31.8 Å². The summed E-state index contributed by atoms with van der Waals surface area (Å²) in [6.45, 7) is 3.00. The first-order chi connectivity index (χ1) is 16.2. The molecule has 1 aromatic carbocycles. The molecule has 1 atom stereocenters. The van der Waals surface area contributed by atoms with Crippen LogP contribution in [0.1, 0.15) is 31.4 Å². The van der Waals surface area contributed by atoms with Crippen molar-refractivity contribution in [3.63, 3.8) is 0 Å². The first-order valence-electron chi connectivity index (χ1n) is 11.2. The van der Waals surface area contributed by atoms with Crippen molar-refractivity contribution in [3.05, 3.63) is 42.1 Å². The van der Waals surface area contributed by atoms with Crippen LogP contribution in [-0.4, -0.2) is 79.4 Å². The summed E-state index contributed by atoms with van der Waals surface area (Å²) in [6.07, 6.45) is 9.19. The van der Waals surface area contributed by atoms with Crippen LogP contribution in [0.15, 0.2) is 36.5 Å². The number of benzene rings is 1. The van der Waals surface area contributed by atoms with E-state index in [1.165, 1.54) is 4.31 Å². The van der Waals surface area contributed by atoms with E-state index in [1.54, 1.807) is 6.20 Å². The first kappa shape index (κ1) is 25.6. The van der Waals surface area contributed by atoms with Gasteiger partial charge in [0.2, 0.25) is 21.8 Å². The lowest BCUT2D eigenvalue weighted by molar-refractivity contribution is -0.126. The lowest BCUT2D eigenvalue weighted by Gasteiger charge is -2.39. The number of piperidine rings is 1. The van der Waals surface area contributed by atoms with Gasteiger partial charge in [-0.2, -0.15) is 4.31 Å². The van der Waals surface area contributed by atoms with Crippen LogP contribution in [0, 0.1) is 12.3 Å². The Balaban J connectivity index is 1.61. The molecule has 1 aliphatic heterocycles. The van der Waals surface area contributed by atoms with Crippen molar-refractivity contribution in [3.8, 4) is 12.3 Å². The number of carbonyl (C=O) groups is 2. The highest BCUT2D eigenvalue weighted by Gasteiger charge is 2.33. The van der Waals surface area contributed by atoms with Crippen molar-refractivity contribution >= 4 is 32.7 Å². The Morgan fingerprint density at radius 2 is 1.91 bits per heavy atom. The number of nitrogens with zero attached hydrogens (tertiary/aromatic N) is 3. The number of nitrogens with one attached hydrogen (secondary N) is 2. The van der Waals surface area contributed by atoms with Crippen molar-refractivity contribution in [1.82, 2.24) is 24.8 Å². The third-order valence-corrected chi connectivity index (χ3v) is 7.41. The number of hydrogen-bond acceptors (Lipinski definition) is 6. The summed E-state index contributed by atoms with van der Waals surface area (Å²) in [6, 6.07) is 9.94. The molecule has 2 amide bonds. The van der Waals surface area contributed by atoms with Crippen molar-refractivity contribution in [2.75, 3.05) is 39.0 Å². The third-order valence-electron chi connectivity index (χ3n) is 6.13. The Kier molecular flexibility index (Phi) is 8.61. The second-order valence-electron chi connectivity index (χ2n) is 8.43. The smallest absolute Gasteiger partial charge is 0.240 e. The molecule has 0 spiro atoms. The van der Waals surface area contributed by atoms with E-state index in [9.17, 15) is 18.0 Å². The summed E-state index contributed by atoms with van der Waals surface area (Å²) < 4.78 is 26.1. The molecule has 2 N–H and O–H groups in total.